The van der Waals surface area contributed by atoms with Crippen molar-refractivity contribution in [3.05, 3.63) is 48.8 Å². The lowest BCUT2D eigenvalue weighted by Crippen LogP contribution is -2.39. The third-order valence-corrected chi connectivity index (χ3v) is 2.65. The van der Waals surface area contributed by atoms with Gasteiger partial charge in [0.25, 0.3) is 0 Å². The molecule has 0 bridgehead atoms. The summed E-state index contributed by atoms with van der Waals surface area (Å²) in [6, 6.07) is 11.6. The summed E-state index contributed by atoms with van der Waals surface area (Å²) < 4.78 is 1.80. The summed E-state index contributed by atoms with van der Waals surface area (Å²) in [6.45, 7) is 2.90. The van der Waals surface area contributed by atoms with Gasteiger partial charge in [-0.2, -0.15) is 5.10 Å². The Kier molecular flexibility index (Phi) is 9.25. The van der Waals surface area contributed by atoms with E-state index >= 15 is 0 Å². The average molecular weight is 331 g/mol. The van der Waals surface area contributed by atoms with Crippen LogP contribution in [0, 0.1) is 0 Å². The Morgan fingerprint density at radius 2 is 1.95 bits per heavy atom. The molecule has 1 aromatic heterocycles. The highest BCUT2D eigenvalue weighted by Crippen LogP contribution is 2.03. The fourth-order valence-corrected chi connectivity index (χ4v) is 1.80. The van der Waals surface area contributed by atoms with Crippen molar-refractivity contribution in [1.82, 2.24) is 15.1 Å². The number of rotatable bonds is 6. The second-order valence-electron chi connectivity index (χ2n) is 4.42. The molecule has 116 valence electrons. The van der Waals surface area contributed by atoms with Crippen molar-refractivity contribution in [3.63, 3.8) is 0 Å². The van der Waals surface area contributed by atoms with Crippen LogP contribution < -0.4 is 10.6 Å². The molecule has 1 unspecified atom stereocenters. The van der Waals surface area contributed by atoms with Gasteiger partial charge in [-0.05, 0) is 25.1 Å². The van der Waals surface area contributed by atoms with Crippen LogP contribution in [0.25, 0.3) is 0 Å². The van der Waals surface area contributed by atoms with Gasteiger partial charge in [0.05, 0.1) is 13.1 Å². The molecule has 0 saturated heterocycles. The van der Waals surface area contributed by atoms with Gasteiger partial charge in [0.15, 0.2) is 0 Å². The summed E-state index contributed by atoms with van der Waals surface area (Å²) in [4.78, 5) is 11.8. The fourth-order valence-electron chi connectivity index (χ4n) is 1.80. The van der Waals surface area contributed by atoms with Crippen molar-refractivity contribution in [2.75, 3.05) is 11.9 Å². The molecule has 2 aromatic rings. The van der Waals surface area contributed by atoms with Crippen molar-refractivity contribution in [1.29, 1.82) is 0 Å². The monoisotopic (exact) mass is 330 g/mol. The zero-order valence-electron chi connectivity index (χ0n) is 11.7. The highest BCUT2D eigenvalue weighted by atomic mass is 35.5. The minimum absolute atomic E-state index is 0. The summed E-state index contributed by atoms with van der Waals surface area (Å²) in [5.41, 5.74) is 0.942. The van der Waals surface area contributed by atoms with Crippen molar-refractivity contribution < 1.29 is 4.79 Å². The lowest BCUT2D eigenvalue weighted by Gasteiger charge is -2.14. The maximum Gasteiger partial charge on any atom is 0.239 e. The predicted octanol–water partition coefficient (Wildman–Crippen LogP) is 2.34. The number of nitrogens with zero attached hydrogens (tertiary/aromatic N) is 2. The zero-order valence-corrected chi connectivity index (χ0v) is 13.4. The van der Waals surface area contributed by atoms with E-state index in [4.69, 9.17) is 0 Å². The molecule has 1 atom stereocenters. The summed E-state index contributed by atoms with van der Waals surface area (Å²) in [5.74, 6) is -0.0245. The van der Waals surface area contributed by atoms with Crippen LogP contribution in [-0.2, 0) is 11.3 Å². The van der Waals surface area contributed by atoms with Crippen molar-refractivity contribution >= 4 is 36.4 Å². The van der Waals surface area contributed by atoms with E-state index in [2.05, 4.69) is 15.7 Å². The first-order valence-electron chi connectivity index (χ1n) is 6.30. The topological polar surface area (TPSA) is 59.0 Å². The molecule has 0 aliphatic carbocycles. The lowest BCUT2D eigenvalue weighted by atomic mass is 10.3. The molecule has 21 heavy (non-hydrogen) atoms. The van der Waals surface area contributed by atoms with Crippen LogP contribution in [0.2, 0.25) is 0 Å². The van der Waals surface area contributed by atoms with Gasteiger partial charge in [0.1, 0.15) is 0 Å². The number of benzene rings is 1. The van der Waals surface area contributed by atoms with E-state index in [0.717, 1.165) is 5.69 Å². The number of para-hydroxylation sites is 1. The van der Waals surface area contributed by atoms with Crippen LogP contribution in [0.15, 0.2) is 48.8 Å². The van der Waals surface area contributed by atoms with Crippen molar-refractivity contribution in [2.45, 2.75) is 19.5 Å². The van der Waals surface area contributed by atoms with Gasteiger partial charge in [-0.25, -0.2) is 0 Å². The molecular weight excluding hydrogens is 311 g/mol. The number of aromatic nitrogens is 2. The minimum Gasteiger partial charge on any atom is -0.376 e. The van der Waals surface area contributed by atoms with Crippen LogP contribution in [0.1, 0.15) is 6.92 Å². The van der Waals surface area contributed by atoms with Crippen LogP contribution in [0.4, 0.5) is 5.69 Å². The molecule has 1 amide bonds. The average Bonchev–Trinajstić information content (AvgIpc) is 2.90. The third-order valence-electron chi connectivity index (χ3n) is 2.65. The van der Waals surface area contributed by atoms with Crippen LogP contribution in [-0.4, -0.2) is 28.3 Å². The summed E-state index contributed by atoms with van der Waals surface area (Å²) in [5, 5.41) is 10.1. The van der Waals surface area contributed by atoms with Gasteiger partial charge in [-0.15, -0.1) is 24.8 Å². The van der Waals surface area contributed by atoms with Crippen LogP contribution in [0.5, 0.6) is 0 Å². The molecule has 1 heterocycles. The maximum absolute atomic E-state index is 11.8. The molecule has 0 saturated carbocycles. The fraction of sp³-hybridized carbons (Fsp3) is 0.286. The molecule has 1 aromatic carbocycles. The number of carbonyl (C=O) groups excluding carboxylic acids is 1. The molecule has 2 N–H and O–H groups in total. The number of amides is 1. The van der Waals surface area contributed by atoms with E-state index in [-0.39, 0.29) is 43.3 Å². The molecule has 0 radical (unpaired) electrons. The molecule has 0 spiro atoms. The number of carbonyl (C=O) groups is 1. The molecule has 0 aliphatic rings. The standard InChI is InChI=1S/C14H18N4O.2ClH/c1-12(11-18-9-5-8-16-18)17-14(19)10-15-13-6-3-2-4-7-13;;/h2-9,12,15H,10-11H2,1H3,(H,17,19);2*1H. The second-order valence-corrected chi connectivity index (χ2v) is 4.42. The molecule has 0 aliphatic heterocycles. The molecule has 7 heteroatoms. The third kappa shape index (κ3) is 7.02. The Bertz CT molecular complexity index is 505. The molecule has 0 fully saturated rings. The van der Waals surface area contributed by atoms with Crippen molar-refractivity contribution in [3.8, 4) is 0 Å². The van der Waals surface area contributed by atoms with E-state index in [0.29, 0.717) is 6.54 Å². The first kappa shape index (κ1) is 19.3. The highest BCUT2D eigenvalue weighted by molar-refractivity contribution is 5.85. The predicted molar refractivity (Wildman–Crippen MR) is 89.3 cm³/mol. The van der Waals surface area contributed by atoms with E-state index in [1.807, 2.05) is 49.5 Å². The summed E-state index contributed by atoms with van der Waals surface area (Å²) >= 11 is 0. The van der Waals surface area contributed by atoms with E-state index in [9.17, 15) is 4.79 Å². The zero-order chi connectivity index (χ0) is 13.5. The largest absolute Gasteiger partial charge is 0.376 e. The number of hydrogen-bond acceptors (Lipinski definition) is 3. The van der Waals surface area contributed by atoms with E-state index in [1.165, 1.54) is 0 Å². The Morgan fingerprint density at radius 1 is 1.24 bits per heavy atom. The van der Waals surface area contributed by atoms with Crippen LogP contribution >= 0.6 is 24.8 Å². The van der Waals surface area contributed by atoms with Gasteiger partial charge >= 0.3 is 0 Å². The van der Waals surface area contributed by atoms with Gasteiger partial charge in [-0.3, -0.25) is 9.48 Å². The Balaban J connectivity index is 0.00000200. The normalized spacial score (nSPS) is 10.7. The molecule has 2 rings (SSSR count). The maximum atomic E-state index is 11.8. The first-order valence-corrected chi connectivity index (χ1v) is 6.30. The van der Waals surface area contributed by atoms with Crippen LogP contribution in [0.3, 0.4) is 0 Å². The number of nitrogens with one attached hydrogen (secondary N) is 2. The summed E-state index contributed by atoms with van der Waals surface area (Å²) in [7, 11) is 0. The Hall–Kier alpha value is -1.72. The Morgan fingerprint density at radius 3 is 2.57 bits per heavy atom. The lowest BCUT2D eigenvalue weighted by molar-refractivity contribution is -0.120. The highest BCUT2D eigenvalue weighted by Gasteiger charge is 2.07. The van der Waals surface area contributed by atoms with E-state index < -0.39 is 0 Å². The molecular formula is C14H20Cl2N4O. The van der Waals surface area contributed by atoms with E-state index in [1.54, 1.807) is 10.9 Å². The van der Waals surface area contributed by atoms with Gasteiger partial charge in [-0.1, -0.05) is 18.2 Å². The first-order chi connectivity index (χ1) is 9.24. The van der Waals surface area contributed by atoms with Gasteiger partial charge in [0.2, 0.25) is 5.91 Å². The number of hydrogen-bond donors (Lipinski definition) is 2. The Labute approximate surface area is 136 Å². The molecule has 5 nitrogen and oxygen atoms in total. The minimum atomic E-state index is -0.0245. The summed E-state index contributed by atoms with van der Waals surface area (Å²) in [6.07, 6.45) is 3.61. The number of halogens is 2. The smallest absolute Gasteiger partial charge is 0.239 e. The van der Waals surface area contributed by atoms with Crippen molar-refractivity contribution in [2.24, 2.45) is 0 Å². The quantitative estimate of drug-likeness (QED) is 0.854. The second kappa shape index (κ2) is 10.1. The SMILES string of the molecule is CC(Cn1cccn1)NC(=O)CNc1ccccc1.Cl.Cl. The number of anilines is 1. The van der Waals surface area contributed by atoms with Gasteiger partial charge < -0.3 is 10.6 Å². The van der Waals surface area contributed by atoms with Gasteiger partial charge in [0, 0.05) is 24.1 Å².